The Bertz CT molecular complexity index is 728. The van der Waals surface area contributed by atoms with E-state index < -0.39 is 10.0 Å². The molecule has 0 saturated carbocycles. The third-order valence-corrected chi connectivity index (χ3v) is 7.25. The summed E-state index contributed by atoms with van der Waals surface area (Å²) in [5, 5.41) is 4.40. The molecule has 1 saturated heterocycles. The summed E-state index contributed by atoms with van der Waals surface area (Å²) >= 11 is 0. The number of carbonyl (C=O) groups is 1. The molecule has 1 aliphatic heterocycles. The van der Waals surface area contributed by atoms with Crippen LogP contribution in [0.25, 0.3) is 0 Å². The van der Waals surface area contributed by atoms with Gasteiger partial charge < -0.3 is 4.90 Å². The number of rotatable bonds is 8. The molecule has 0 spiro atoms. The molecule has 2 heterocycles. The maximum Gasteiger partial charge on any atom is 0.246 e. The highest BCUT2D eigenvalue weighted by atomic mass is 32.2. The molecule has 0 atom stereocenters. The van der Waals surface area contributed by atoms with E-state index in [4.69, 9.17) is 0 Å². The van der Waals surface area contributed by atoms with Gasteiger partial charge in [-0.15, -0.1) is 0 Å². The van der Waals surface area contributed by atoms with E-state index in [1.54, 1.807) is 18.5 Å². The number of likely N-dealkylation sites (tertiary alicyclic amines) is 1. The van der Waals surface area contributed by atoms with Crippen molar-refractivity contribution in [3.05, 3.63) is 11.4 Å². The Labute approximate surface area is 163 Å². The van der Waals surface area contributed by atoms with Gasteiger partial charge in [0, 0.05) is 26.2 Å². The summed E-state index contributed by atoms with van der Waals surface area (Å²) in [5.41, 5.74) is 1.02. The van der Waals surface area contributed by atoms with Crippen molar-refractivity contribution in [3.8, 4) is 0 Å². The number of hydrogen-bond donors (Lipinski definition) is 0. The number of hydrogen-bond acceptors (Lipinski definition) is 4. The standard InChI is InChI=1S/C19H34N4O3S/c1-5-11-22(12-6-2)27(25,26)19-16(3)20-23(17(19)4)15-18(24)21-13-9-7-8-10-14-21/h5-15H2,1-4H3. The second-order valence-electron chi connectivity index (χ2n) is 7.36. The molecule has 0 radical (unpaired) electrons. The van der Waals surface area contributed by atoms with Gasteiger partial charge in [0.2, 0.25) is 15.9 Å². The zero-order valence-electron chi connectivity index (χ0n) is 17.2. The van der Waals surface area contributed by atoms with E-state index in [1.165, 1.54) is 4.31 Å². The van der Waals surface area contributed by atoms with Gasteiger partial charge in [-0.3, -0.25) is 9.48 Å². The fraction of sp³-hybridized carbons (Fsp3) is 0.789. The molecule has 0 aliphatic carbocycles. The van der Waals surface area contributed by atoms with Crippen LogP contribution in [-0.4, -0.2) is 59.5 Å². The smallest absolute Gasteiger partial charge is 0.246 e. The van der Waals surface area contributed by atoms with Crippen molar-refractivity contribution in [2.45, 2.75) is 77.7 Å². The van der Waals surface area contributed by atoms with Gasteiger partial charge in [0.15, 0.2) is 0 Å². The van der Waals surface area contributed by atoms with Crippen LogP contribution in [0.3, 0.4) is 0 Å². The first-order valence-corrected chi connectivity index (χ1v) is 11.6. The van der Waals surface area contributed by atoms with Gasteiger partial charge in [-0.1, -0.05) is 26.7 Å². The Kier molecular flexibility index (Phi) is 7.85. The van der Waals surface area contributed by atoms with Crippen LogP contribution in [0.4, 0.5) is 0 Å². The lowest BCUT2D eigenvalue weighted by Gasteiger charge is -2.22. The summed E-state index contributed by atoms with van der Waals surface area (Å²) in [6.45, 7) is 10.1. The minimum Gasteiger partial charge on any atom is -0.341 e. The van der Waals surface area contributed by atoms with E-state index in [-0.39, 0.29) is 17.3 Å². The molecule has 0 N–H and O–H groups in total. The van der Waals surface area contributed by atoms with E-state index in [9.17, 15) is 13.2 Å². The maximum absolute atomic E-state index is 13.2. The van der Waals surface area contributed by atoms with Crippen molar-refractivity contribution in [3.63, 3.8) is 0 Å². The van der Waals surface area contributed by atoms with Crippen molar-refractivity contribution in [2.24, 2.45) is 0 Å². The number of aromatic nitrogens is 2. The number of amides is 1. The van der Waals surface area contributed by atoms with Gasteiger partial charge in [-0.05, 0) is 39.5 Å². The van der Waals surface area contributed by atoms with Crippen LogP contribution < -0.4 is 0 Å². The van der Waals surface area contributed by atoms with E-state index in [2.05, 4.69) is 5.10 Å². The van der Waals surface area contributed by atoms with Gasteiger partial charge in [0.1, 0.15) is 11.4 Å². The first-order valence-electron chi connectivity index (χ1n) is 10.1. The molecule has 154 valence electrons. The lowest BCUT2D eigenvalue weighted by Crippen LogP contribution is -2.35. The van der Waals surface area contributed by atoms with Gasteiger partial charge >= 0.3 is 0 Å². The predicted molar refractivity (Wildman–Crippen MR) is 106 cm³/mol. The van der Waals surface area contributed by atoms with Crippen LogP contribution in [0.1, 0.15) is 63.8 Å². The molecule has 0 bridgehead atoms. The molecule has 0 unspecified atom stereocenters. The number of aryl methyl sites for hydroxylation is 1. The highest BCUT2D eigenvalue weighted by Crippen LogP contribution is 2.24. The fourth-order valence-electron chi connectivity index (χ4n) is 3.74. The minimum atomic E-state index is -3.61. The molecular weight excluding hydrogens is 364 g/mol. The van der Waals surface area contributed by atoms with Crippen LogP contribution in [-0.2, 0) is 21.4 Å². The zero-order chi connectivity index (χ0) is 20.0. The van der Waals surface area contributed by atoms with Crippen LogP contribution in [0.5, 0.6) is 0 Å². The second kappa shape index (κ2) is 9.68. The Hall–Kier alpha value is -1.41. The van der Waals surface area contributed by atoms with E-state index >= 15 is 0 Å². The molecule has 1 aromatic rings. The summed E-state index contributed by atoms with van der Waals surface area (Å²) in [6, 6.07) is 0. The van der Waals surface area contributed by atoms with Gasteiger partial charge in [-0.2, -0.15) is 9.40 Å². The average molecular weight is 399 g/mol. The highest BCUT2D eigenvalue weighted by Gasteiger charge is 2.30. The largest absolute Gasteiger partial charge is 0.341 e. The molecule has 1 amide bonds. The minimum absolute atomic E-state index is 0.0189. The molecule has 1 fully saturated rings. The Morgan fingerprint density at radius 1 is 1.04 bits per heavy atom. The van der Waals surface area contributed by atoms with Crippen molar-refractivity contribution < 1.29 is 13.2 Å². The third-order valence-electron chi connectivity index (χ3n) is 5.10. The third kappa shape index (κ3) is 5.10. The summed E-state index contributed by atoms with van der Waals surface area (Å²) in [5.74, 6) is 0.0189. The second-order valence-corrected chi connectivity index (χ2v) is 9.23. The molecule has 8 heteroatoms. The van der Waals surface area contributed by atoms with Crippen molar-refractivity contribution in [1.82, 2.24) is 19.0 Å². The fourth-order valence-corrected chi connectivity index (χ4v) is 5.73. The number of carbonyl (C=O) groups excluding carboxylic acids is 1. The van der Waals surface area contributed by atoms with Crippen LogP contribution in [0.2, 0.25) is 0 Å². The molecule has 27 heavy (non-hydrogen) atoms. The molecule has 1 aliphatic rings. The van der Waals surface area contributed by atoms with E-state index in [0.717, 1.165) is 51.6 Å². The maximum atomic E-state index is 13.2. The van der Waals surface area contributed by atoms with Gasteiger partial charge in [0.05, 0.1) is 11.4 Å². The van der Waals surface area contributed by atoms with Crippen LogP contribution in [0.15, 0.2) is 4.90 Å². The summed E-state index contributed by atoms with van der Waals surface area (Å²) in [6.07, 6.45) is 5.92. The lowest BCUT2D eigenvalue weighted by atomic mass is 10.2. The van der Waals surface area contributed by atoms with Crippen molar-refractivity contribution >= 4 is 15.9 Å². The molecule has 2 rings (SSSR count). The number of sulfonamides is 1. The van der Waals surface area contributed by atoms with Crippen LogP contribution in [0, 0.1) is 13.8 Å². The molecule has 1 aromatic heterocycles. The van der Waals surface area contributed by atoms with Gasteiger partial charge in [0.25, 0.3) is 0 Å². The molecule has 0 aromatic carbocycles. The first kappa shape index (κ1) is 21.9. The quantitative estimate of drug-likeness (QED) is 0.675. The lowest BCUT2D eigenvalue weighted by molar-refractivity contribution is -0.132. The summed E-state index contributed by atoms with van der Waals surface area (Å²) in [4.78, 5) is 14.8. The van der Waals surface area contributed by atoms with Crippen molar-refractivity contribution in [2.75, 3.05) is 26.2 Å². The Morgan fingerprint density at radius 3 is 2.11 bits per heavy atom. The normalized spacial score (nSPS) is 16.0. The Balaban J connectivity index is 2.26. The monoisotopic (exact) mass is 398 g/mol. The summed E-state index contributed by atoms with van der Waals surface area (Å²) in [7, 11) is -3.61. The van der Waals surface area contributed by atoms with Crippen molar-refractivity contribution in [1.29, 1.82) is 0 Å². The first-order chi connectivity index (χ1) is 12.8. The van der Waals surface area contributed by atoms with Crippen LogP contribution >= 0.6 is 0 Å². The average Bonchev–Trinajstić information content (AvgIpc) is 2.81. The molecule has 7 nitrogen and oxygen atoms in total. The van der Waals surface area contributed by atoms with E-state index in [1.807, 2.05) is 18.7 Å². The SMILES string of the molecule is CCCN(CCC)S(=O)(=O)c1c(C)nn(CC(=O)N2CCCCCC2)c1C. The zero-order valence-corrected chi connectivity index (χ0v) is 18.0. The Morgan fingerprint density at radius 2 is 1.59 bits per heavy atom. The molecular formula is C19H34N4O3S. The predicted octanol–water partition coefficient (Wildman–Crippen LogP) is 2.71. The van der Waals surface area contributed by atoms with Gasteiger partial charge in [-0.25, -0.2) is 8.42 Å². The number of nitrogens with zero attached hydrogens (tertiary/aromatic N) is 4. The van der Waals surface area contributed by atoms with E-state index in [0.29, 0.717) is 24.5 Å². The highest BCUT2D eigenvalue weighted by molar-refractivity contribution is 7.89. The summed E-state index contributed by atoms with van der Waals surface area (Å²) < 4.78 is 29.4. The topological polar surface area (TPSA) is 75.5 Å².